The maximum Gasteiger partial charge on any atom is 0.148 e. The molecule has 9 aromatic carbocycles. The first-order chi connectivity index (χ1) is 28.4. The Balaban J connectivity index is 1.11. The summed E-state index contributed by atoms with van der Waals surface area (Å²) in [7, 11) is 0. The molecule has 0 aliphatic heterocycles. The van der Waals surface area contributed by atoms with Crippen molar-refractivity contribution < 1.29 is 4.39 Å². The van der Waals surface area contributed by atoms with Crippen LogP contribution < -0.4 is 9.80 Å². The standard InChI is InChI=1S/C55H41FN2/c1-55(2)51-35-41-32-46(57(43-22-12-5-13-23-43)44-24-14-6-15-25-44)29-28-40(41)33-50(51)48-31-30-47(37-52(48)55)58(45-26-16-7-17-27-45)54-49(39-20-10-4-11-21-39)34-42(36-53(54)56)38-18-8-3-9-19-38/h3-37H,1-2H3. The lowest BCUT2D eigenvalue weighted by Crippen LogP contribution is -2.17. The number of benzene rings is 9. The molecule has 2 nitrogen and oxygen atoms in total. The molecule has 9 aromatic rings. The van der Waals surface area contributed by atoms with Crippen molar-refractivity contribution in [3.63, 3.8) is 0 Å². The second-order valence-corrected chi connectivity index (χ2v) is 15.5. The molecule has 278 valence electrons. The van der Waals surface area contributed by atoms with E-state index in [2.05, 4.69) is 163 Å². The molecule has 0 heterocycles. The number of nitrogens with zero attached hydrogens (tertiary/aromatic N) is 2. The third-order valence-corrected chi connectivity index (χ3v) is 11.6. The normalized spacial score (nSPS) is 12.5. The minimum absolute atomic E-state index is 0.283. The lowest BCUT2D eigenvalue weighted by atomic mass is 9.81. The summed E-state index contributed by atoms with van der Waals surface area (Å²) < 4.78 is 17.2. The average Bonchev–Trinajstić information content (AvgIpc) is 3.49. The van der Waals surface area contributed by atoms with E-state index >= 15 is 4.39 Å². The van der Waals surface area contributed by atoms with Crippen LogP contribution in [-0.2, 0) is 5.41 Å². The summed E-state index contributed by atoms with van der Waals surface area (Å²) in [5.41, 5.74) is 13.9. The van der Waals surface area contributed by atoms with Gasteiger partial charge in [0, 0.05) is 39.4 Å². The van der Waals surface area contributed by atoms with Crippen LogP contribution in [0, 0.1) is 5.82 Å². The van der Waals surface area contributed by atoms with Gasteiger partial charge < -0.3 is 9.80 Å². The van der Waals surface area contributed by atoms with Gasteiger partial charge in [0.25, 0.3) is 0 Å². The first kappa shape index (κ1) is 35.2. The summed E-state index contributed by atoms with van der Waals surface area (Å²) in [6, 6.07) is 73.4. The zero-order valence-corrected chi connectivity index (χ0v) is 32.5. The lowest BCUT2D eigenvalue weighted by Gasteiger charge is -2.30. The fourth-order valence-corrected chi connectivity index (χ4v) is 8.78. The Hall–Kier alpha value is -7.23. The second kappa shape index (κ2) is 14.4. The van der Waals surface area contributed by atoms with Crippen LogP contribution in [-0.4, -0.2) is 0 Å². The Morgan fingerprint density at radius 1 is 0.345 bits per heavy atom. The number of halogens is 1. The third-order valence-electron chi connectivity index (χ3n) is 11.6. The SMILES string of the molecule is CC1(C)c2cc(N(c3ccccc3)c3c(F)cc(-c4ccccc4)cc3-c3ccccc3)ccc2-c2cc3ccc(N(c4ccccc4)c4ccccc4)cc3cc21. The van der Waals surface area contributed by atoms with Crippen molar-refractivity contribution >= 4 is 44.9 Å². The van der Waals surface area contributed by atoms with Crippen LogP contribution in [0.3, 0.4) is 0 Å². The van der Waals surface area contributed by atoms with Crippen LogP contribution in [0.4, 0.5) is 38.5 Å². The van der Waals surface area contributed by atoms with Gasteiger partial charge in [-0.2, -0.15) is 0 Å². The molecule has 10 rings (SSSR count). The van der Waals surface area contributed by atoms with E-state index < -0.39 is 0 Å². The molecule has 58 heavy (non-hydrogen) atoms. The Bertz CT molecular complexity index is 2870. The lowest BCUT2D eigenvalue weighted by molar-refractivity contribution is 0.629. The number of hydrogen-bond acceptors (Lipinski definition) is 2. The molecule has 0 spiro atoms. The molecule has 0 atom stereocenters. The van der Waals surface area contributed by atoms with Crippen LogP contribution >= 0.6 is 0 Å². The molecular weight excluding hydrogens is 708 g/mol. The van der Waals surface area contributed by atoms with Gasteiger partial charge in [0.1, 0.15) is 5.82 Å². The smallest absolute Gasteiger partial charge is 0.148 e. The van der Waals surface area contributed by atoms with Gasteiger partial charge in [0.05, 0.1) is 5.69 Å². The van der Waals surface area contributed by atoms with E-state index in [0.29, 0.717) is 5.69 Å². The number of hydrogen-bond donors (Lipinski definition) is 0. The quantitative estimate of drug-likeness (QED) is 0.153. The summed E-state index contributed by atoms with van der Waals surface area (Å²) in [6.45, 7) is 4.63. The predicted molar refractivity (Wildman–Crippen MR) is 242 cm³/mol. The fourth-order valence-electron chi connectivity index (χ4n) is 8.78. The zero-order chi connectivity index (χ0) is 39.2. The first-order valence-corrected chi connectivity index (χ1v) is 19.9. The molecule has 0 bridgehead atoms. The van der Waals surface area contributed by atoms with Crippen LogP contribution in [0.25, 0.3) is 44.2 Å². The van der Waals surface area contributed by atoms with E-state index in [0.717, 1.165) is 50.7 Å². The van der Waals surface area contributed by atoms with E-state index in [4.69, 9.17) is 0 Å². The fraction of sp³-hybridized carbons (Fsp3) is 0.0545. The summed E-state index contributed by atoms with van der Waals surface area (Å²) >= 11 is 0. The highest BCUT2D eigenvalue weighted by molar-refractivity contribution is 5.98. The number of anilines is 6. The van der Waals surface area contributed by atoms with E-state index in [1.165, 1.54) is 33.0 Å². The zero-order valence-electron chi connectivity index (χ0n) is 32.5. The maximum absolute atomic E-state index is 17.2. The average molecular weight is 749 g/mol. The largest absolute Gasteiger partial charge is 0.310 e. The second-order valence-electron chi connectivity index (χ2n) is 15.5. The Morgan fingerprint density at radius 2 is 0.845 bits per heavy atom. The maximum atomic E-state index is 17.2. The van der Waals surface area contributed by atoms with Crippen molar-refractivity contribution in [1.82, 2.24) is 0 Å². The molecule has 0 saturated heterocycles. The minimum Gasteiger partial charge on any atom is -0.310 e. The van der Waals surface area contributed by atoms with Crippen molar-refractivity contribution in [2.75, 3.05) is 9.80 Å². The molecule has 0 N–H and O–H groups in total. The predicted octanol–water partition coefficient (Wildman–Crippen LogP) is 15.6. The number of rotatable bonds is 8. The van der Waals surface area contributed by atoms with E-state index in [-0.39, 0.29) is 11.2 Å². The van der Waals surface area contributed by atoms with Crippen molar-refractivity contribution in [1.29, 1.82) is 0 Å². The number of fused-ring (bicyclic) bond motifs is 4. The van der Waals surface area contributed by atoms with Crippen LogP contribution in [0.5, 0.6) is 0 Å². The van der Waals surface area contributed by atoms with Crippen LogP contribution in [0.15, 0.2) is 212 Å². The molecule has 0 unspecified atom stereocenters. The summed E-state index contributed by atoms with van der Waals surface area (Å²) in [5, 5.41) is 2.38. The summed E-state index contributed by atoms with van der Waals surface area (Å²) in [6.07, 6.45) is 0. The van der Waals surface area contributed by atoms with Crippen molar-refractivity contribution in [3.8, 4) is 33.4 Å². The van der Waals surface area contributed by atoms with Gasteiger partial charge in [-0.1, -0.05) is 141 Å². The van der Waals surface area contributed by atoms with Crippen molar-refractivity contribution in [2.45, 2.75) is 19.3 Å². The Labute approximate surface area is 339 Å². The Kier molecular flexibility index (Phi) is 8.72. The molecule has 0 fully saturated rings. The highest BCUT2D eigenvalue weighted by Gasteiger charge is 2.37. The van der Waals surface area contributed by atoms with Crippen LogP contribution in [0.2, 0.25) is 0 Å². The minimum atomic E-state index is -0.316. The first-order valence-electron chi connectivity index (χ1n) is 19.9. The van der Waals surface area contributed by atoms with Gasteiger partial charge in [-0.25, -0.2) is 4.39 Å². The van der Waals surface area contributed by atoms with Crippen LogP contribution in [0.1, 0.15) is 25.0 Å². The Morgan fingerprint density at radius 3 is 1.45 bits per heavy atom. The van der Waals surface area contributed by atoms with E-state index in [1.807, 2.05) is 66.7 Å². The van der Waals surface area contributed by atoms with Crippen molar-refractivity contribution in [2.24, 2.45) is 0 Å². The highest BCUT2D eigenvalue weighted by Crippen LogP contribution is 2.53. The van der Waals surface area contributed by atoms with Gasteiger partial charge in [0.15, 0.2) is 0 Å². The summed E-state index contributed by atoms with van der Waals surface area (Å²) in [4.78, 5) is 4.41. The topological polar surface area (TPSA) is 6.48 Å². The molecular formula is C55H41FN2. The molecule has 0 saturated carbocycles. The van der Waals surface area contributed by atoms with Gasteiger partial charge in [-0.15, -0.1) is 0 Å². The number of para-hydroxylation sites is 3. The van der Waals surface area contributed by atoms with Gasteiger partial charge in [-0.05, 0) is 135 Å². The molecule has 3 heteroatoms. The third kappa shape index (κ3) is 6.13. The molecule has 0 aromatic heterocycles. The molecule has 0 amide bonds. The summed E-state index contributed by atoms with van der Waals surface area (Å²) in [5.74, 6) is -0.283. The van der Waals surface area contributed by atoms with Gasteiger partial charge >= 0.3 is 0 Å². The monoisotopic (exact) mass is 748 g/mol. The van der Waals surface area contributed by atoms with Gasteiger partial charge in [-0.3, -0.25) is 0 Å². The van der Waals surface area contributed by atoms with Gasteiger partial charge in [0.2, 0.25) is 0 Å². The molecule has 1 aliphatic rings. The van der Waals surface area contributed by atoms with Crippen molar-refractivity contribution in [3.05, 3.63) is 229 Å². The molecule has 1 aliphatic carbocycles. The highest BCUT2D eigenvalue weighted by atomic mass is 19.1. The molecule has 0 radical (unpaired) electrons. The van der Waals surface area contributed by atoms with E-state index in [9.17, 15) is 0 Å². The van der Waals surface area contributed by atoms with E-state index in [1.54, 1.807) is 6.07 Å².